The number of nitrogens with two attached hydrogens (primary N) is 1. The normalized spacial score (nSPS) is 31.0. The van der Waals surface area contributed by atoms with E-state index in [2.05, 4.69) is 16.8 Å². The van der Waals surface area contributed by atoms with Crippen molar-refractivity contribution in [2.24, 2.45) is 5.73 Å². The van der Waals surface area contributed by atoms with Gasteiger partial charge < -0.3 is 15.4 Å². The number of halogens is 2. The molecule has 0 spiro atoms. The lowest BCUT2D eigenvalue weighted by molar-refractivity contribution is -0.0435. The smallest absolute Gasteiger partial charge is 0.129 e. The summed E-state index contributed by atoms with van der Waals surface area (Å²) in [7, 11) is 2.13. The van der Waals surface area contributed by atoms with Gasteiger partial charge in [0.25, 0.3) is 0 Å². The summed E-state index contributed by atoms with van der Waals surface area (Å²) in [5, 5.41) is 0. The highest BCUT2D eigenvalue weighted by atomic mass is 19.1. The molecule has 1 saturated heterocycles. The van der Waals surface area contributed by atoms with Gasteiger partial charge in [-0.3, -0.25) is 4.90 Å². The van der Waals surface area contributed by atoms with E-state index in [9.17, 15) is 8.78 Å². The first kappa shape index (κ1) is 16.0. The largest absolute Gasteiger partial charge is 0.370 e. The van der Waals surface area contributed by atoms with Crippen molar-refractivity contribution in [1.82, 2.24) is 9.80 Å². The zero-order valence-corrected chi connectivity index (χ0v) is 13.8. The van der Waals surface area contributed by atoms with Gasteiger partial charge >= 0.3 is 0 Å². The molecule has 1 aromatic carbocycles. The van der Waals surface area contributed by atoms with E-state index in [1.807, 2.05) is 0 Å². The molecular weight excluding hydrogens is 312 g/mol. The van der Waals surface area contributed by atoms with E-state index >= 15 is 0 Å². The van der Waals surface area contributed by atoms with Crippen LogP contribution in [-0.4, -0.2) is 55.2 Å². The Bertz CT molecular complexity index is 678. The van der Waals surface area contributed by atoms with Crippen molar-refractivity contribution in [2.75, 3.05) is 33.3 Å². The van der Waals surface area contributed by atoms with Gasteiger partial charge in [-0.05, 0) is 43.7 Å². The van der Waals surface area contributed by atoms with E-state index < -0.39 is 17.7 Å². The Morgan fingerprint density at radius 1 is 1.25 bits per heavy atom. The van der Waals surface area contributed by atoms with E-state index in [4.69, 9.17) is 10.5 Å². The topological polar surface area (TPSA) is 41.7 Å². The van der Waals surface area contributed by atoms with Crippen molar-refractivity contribution >= 4 is 0 Å². The molecule has 1 fully saturated rings. The summed E-state index contributed by atoms with van der Waals surface area (Å²) in [5.41, 5.74) is 9.44. The second-order valence-electron chi connectivity index (χ2n) is 7.14. The maximum absolute atomic E-state index is 14.0. The molecule has 0 amide bonds. The summed E-state index contributed by atoms with van der Waals surface area (Å²) in [6.45, 7) is 3.53. The summed E-state index contributed by atoms with van der Waals surface area (Å²) in [6.07, 6.45) is 1.24. The zero-order chi connectivity index (χ0) is 16.8. The Kier molecular flexibility index (Phi) is 4.06. The van der Waals surface area contributed by atoms with Crippen LogP contribution in [0.2, 0.25) is 0 Å². The molecule has 2 N–H and O–H groups in total. The van der Waals surface area contributed by atoms with Crippen molar-refractivity contribution in [3.05, 3.63) is 46.7 Å². The van der Waals surface area contributed by atoms with Gasteiger partial charge in [0.2, 0.25) is 0 Å². The van der Waals surface area contributed by atoms with Gasteiger partial charge in [0, 0.05) is 36.9 Å². The lowest BCUT2D eigenvalue weighted by Gasteiger charge is -2.40. The molecule has 1 aromatic rings. The van der Waals surface area contributed by atoms with E-state index in [1.165, 1.54) is 17.3 Å². The van der Waals surface area contributed by atoms with Crippen LogP contribution in [0.25, 0.3) is 0 Å². The molecule has 3 unspecified atom stereocenters. The fraction of sp³-hybridized carbons (Fsp3) is 0.556. The highest BCUT2D eigenvalue weighted by Gasteiger charge is 2.38. The van der Waals surface area contributed by atoms with Crippen LogP contribution in [0.3, 0.4) is 0 Å². The fourth-order valence-corrected chi connectivity index (χ4v) is 4.27. The maximum atomic E-state index is 14.0. The molecule has 4 rings (SSSR count). The number of ether oxygens (including phenoxy) is 1. The van der Waals surface area contributed by atoms with Gasteiger partial charge in [-0.25, -0.2) is 8.78 Å². The van der Waals surface area contributed by atoms with Gasteiger partial charge in [0.05, 0.1) is 12.6 Å². The third-order valence-electron chi connectivity index (χ3n) is 5.40. The minimum Gasteiger partial charge on any atom is -0.370 e. The number of nitrogens with zero attached hydrogens (tertiary/aromatic N) is 2. The fourth-order valence-electron chi connectivity index (χ4n) is 4.27. The average Bonchev–Trinajstić information content (AvgIpc) is 3.08. The van der Waals surface area contributed by atoms with Gasteiger partial charge in [0.1, 0.15) is 17.7 Å². The average molecular weight is 335 g/mol. The molecular formula is C18H23F2N3O. The standard InChI is InChI=1S/C18H23F2N3O/c1-22-8-11-4-5-23(17(11)9-22)13-7-16(21)18(24-10-13)14-6-12(19)2-3-15(14)20/h2-3,6,13,16,18H,4-5,7-10,21H2,1H3. The van der Waals surface area contributed by atoms with E-state index in [-0.39, 0.29) is 17.6 Å². The minimum atomic E-state index is -0.584. The third kappa shape index (κ3) is 2.72. The first-order valence-corrected chi connectivity index (χ1v) is 8.51. The molecule has 3 heterocycles. The van der Waals surface area contributed by atoms with Crippen LogP contribution in [-0.2, 0) is 4.74 Å². The molecule has 24 heavy (non-hydrogen) atoms. The molecule has 6 heteroatoms. The van der Waals surface area contributed by atoms with Gasteiger partial charge in [0.15, 0.2) is 0 Å². The summed E-state index contributed by atoms with van der Waals surface area (Å²) in [6, 6.07) is 3.32. The Labute approximate surface area is 140 Å². The Balaban J connectivity index is 1.48. The molecule has 3 atom stereocenters. The van der Waals surface area contributed by atoms with Crippen LogP contribution in [0.4, 0.5) is 8.78 Å². The molecule has 0 bridgehead atoms. The molecule has 0 aliphatic carbocycles. The second-order valence-corrected chi connectivity index (χ2v) is 7.14. The molecule has 3 aliphatic rings. The number of hydrogen-bond donors (Lipinski definition) is 1. The molecule has 3 aliphatic heterocycles. The van der Waals surface area contributed by atoms with Crippen LogP contribution in [0.15, 0.2) is 29.5 Å². The molecule has 4 nitrogen and oxygen atoms in total. The monoisotopic (exact) mass is 335 g/mol. The van der Waals surface area contributed by atoms with Gasteiger partial charge in [-0.1, -0.05) is 0 Å². The Hall–Kier alpha value is -1.50. The summed E-state index contributed by atoms with van der Waals surface area (Å²) >= 11 is 0. The maximum Gasteiger partial charge on any atom is 0.129 e. The quantitative estimate of drug-likeness (QED) is 0.898. The van der Waals surface area contributed by atoms with Crippen molar-refractivity contribution in [3.63, 3.8) is 0 Å². The van der Waals surface area contributed by atoms with Crippen LogP contribution < -0.4 is 5.73 Å². The van der Waals surface area contributed by atoms with Crippen LogP contribution >= 0.6 is 0 Å². The number of rotatable bonds is 2. The van der Waals surface area contributed by atoms with E-state index in [1.54, 1.807) is 0 Å². The predicted octanol–water partition coefficient (Wildman–Crippen LogP) is 2.03. The zero-order valence-electron chi connectivity index (χ0n) is 13.8. The van der Waals surface area contributed by atoms with Crippen LogP contribution in [0, 0.1) is 11.6 Å². The second kappa shape index (κ2) is 6.10. The Morgan fingerprint density at radius 3 is 2.88 bits per heavy atom. The van der Waals surface area contributed by atoms with Crippen molar-refractivity contribution in [3.8, 4) is 0 Å². The van der Waals surface area contributed by atoms with Gasteiger partial charge in [-0.2, -0.15) is 0 Å². The minimum absolute atomic E-state index is 0.215. The lowest BCUT2D eigenvalue weighted by atomic mass is 9.93. The predicted molar refractivity (Wildman–Crippen MR) is 87.3 cm³/mol. The van der Waals surface area contributed by atoms with Crippen LogP contribution in [0.1, 0.15) is 24.5 Å². The Morgan fingerprint density at radius 2 is 2.08 bits per heavy atom. The van der Waals surface area contributed by atoms with Crippen molar-refractivity contribution in [1.29, 1.82) is 0 Å². The molecule has 0 saturated carbocycles. The van der Waals surface area contributed by atoms with E-state index in [0.29, 0.717) is 6.61 Å². The summed E-state index contributed by atoms with van der Waals surface area (Å²) in [4.78, 5) is 4.72. The molecule has 0 radical (unpaired) electrons. The lowest BCUT2D eigenvalue weighted by Crippen LogP contribution is -2.49. The van der Waals surface area contributed by atoms with E-state index in [0.717, 1.165) is 44.6 Å². The summed E-state index contributed by atoms with van der Waals surface area (Å²) in [5.74, 6) is -0.924. The SMILES string of the molecule is CN1CC2=C(C1)N(C1COC(c3cc(F)ccc3F)C(N)C1)CC2. The first-order chi connectivity index (χ1) is 11.5. The summed E-state index contributed by atoms with van der Waals surface area (Å²) < 4.78 is 33.4. The number of benzene rings is 1. The van der Waals surface area contributed by atoms with Crippen molar-refractivity contribution in [2.45, 2.75) is 31.0 Å². The molecule has 0 aromatic heterocycles. The molecule has 130 valence electrons. The van der Waals surface area contributed by atoms with Crippen molar-refractivity contribution < 1.29 is 13.5 Å². The highest BCUT2D eigenvalue weighted by Crippen LogP contribution is 2.36. The van der Waals surface area contributed by atoms with Crippen LogP contribution in [0.5, 0.6) is 0 Å². The number of likely N-dealkylation sites (N-methyl/N-ethyl adjacent to an activating group) is 1. The first-order valence-electron chi connectivity index (χ1n) is 8.51. The van der Waals surface area contributed by atoms with Gasteiger partial charge in [-0.15, -0.1) is 0 Å². The third-order valence-corrected chi connectivity index (χ3v) is 5.40. The highest BCUT2D eigenvalue weighted by molar-refractivity contribution is 5.28. The number of hydrogen-bond acceptors (Lipinski definition) is 4.